The minimum atomic E-state index is 0.0138. The number of carbonyl (C=O) groups is 1. The first kappa shape index (κ1) is 19.0. The molecule has 0 unspecified atom stereocenters. The molecule has 1 amide bonds. The van der Waals surface area contributed by atoms with Crippen molar-refractivity contribution in [1.29, 1.82) is 0 Å². The summed E-state index contributed by atoms with van der Waals surface area (Å²) in [6.07, 6.45) is 0. The topological polar surface area (TPSA) is 29.1 Å². The first-order chi connectivity index (χ1) is 10.9. The highest BCUT2D eigenvalue weighted by Crippen LogP contribution is 2.15. The largest absolute Gasteiger partial charge is 0.352 e. The predicted molar refractivity (Wildman–Crippen MR) is 98.6 cm³/mol. The molecule has 0 aromatic heterocycles. The van der Waals surface area contributed by atoms with Gasteiger partial charge in [0.1, 0.15) is 0 Å². The molecule has 124 valence electrons. The Morgan fingerprint density at radius 2 is 1.43 bits per heavy atom. The highest BCUT2D eigenvalue weighted by atomic mass is 16.1. The van der Waals surface area contributed by atoms with E-state index in [0.29, 0.717) is 18.4 Å². The standard InChI is InChI=1S/C12H17NO.C9H12/c1-9(2)12-6-4-5-11(7-12)8-13-10(3)14;1-8(2)9-6-4-3-5-7-9/h4-7,9H,8H2,1-3H3,(H,13,14);3-8H,1-2H3. The average Bonchev–Trinajstić information content (AvgIpc) is 2.54. The summed E-state index contributed by atoms with van der Waals surface area (Å²) in [7, 11) is 0. The van der Waals surface area contributed by atoms with E-state index in [1.54, 1.807) is 0 Å². The third-order valence-corrected chi connectivity index (χ3v) is 3.63. The van der Waals surface area contributed by atoms with Crippen molar-refractivity contribution >= 4 is 5.91 Å². The van der Waals surface area contributed by atoms with Crippen LogP contribution in [-0.4, -0.2) is 5.91 Å². The quantitative estimate of drug-likeness (QED) is 0.820. The fourth-order valence-corrected chi connectivity index (χ4v) is 2.13. The van der Waals surface area contributed by atoms with Crippen LogP contribution in [-0.2, 0) is 11.3 Å². The van der Waals surface area contributed by atoms with E-state index in [0.717, 1.165) is 5.56 Å². The Balaban J connectivity index is 0.000000253. The van der Waals surface area contributed by atoms with Crippen LogP contribution in [0.1, 0.15) is 63.1 Å². The SMILES string of the molecule is CC(=O)NCc1cccc(C(C)C)c1.CC(C)c1ccccc1. The molecule has 0 radical (unpaired) electrons. The summed E-state index contributed by atoms with van der Waals surface area (Å²) in [5.74, 6) is 1.21. The summed E-state index contributed by atoms with van der Waals surface area (Å²) in [5.41, 5.74) is 3.89. The van der Waals surface area contributed by atoms with Crippen molar-refractivity contribution in [3.63, 3.8) is 0 Å². The zero-order valence-electron chi connectivity index (χ0n) is 15.0. The van der Waals surface area contributed by atoms with Gasteiger partial charge in [-0.1, -0.05) is 82.3 Å². The van der Waals surface area contributed by atoms with Crippen molar-refractivity contribution in [3.8, 4) is 0 Å². The van der Waals surface area contributed by atoms with Gasteiger partial charge in [0.25, 0.3) is 0 Å². The summed E-state index contributed by atoms with van der Waals surface area (Å²) in [6.45, 7) is 10.9. The molecule has 0 aliphatic heterocycles. The van der Waals surface area contributed by atoms with Gasteiger partial charge in [0, 0.05) is 13.5 Å². The molecular formula is C21H29NO. The molecule has 0 aliphatic carbocycles. The highest BCUT2D eigenvalue weighted by Gasteiger charge is 2.00. The maximum Gasteiger partial charge on any atom is 0.217 e. The van der Waals surface area contributed by atoms with Gasteiger partial charge >= 0.3 is 0 Å². The molecule has 2 rings (SSSR count). The van der Waals surface area contributed by atoms with E-state index in [2.05, 4.69) is 69.4 Å². The van der Waals surface area contributed by atoms with Crippen molar-refractivity contribution < 1.29 is 4.79 Å². The normalized spacial score (nSPS) is 10.2. The smallest absolute Gasteiger partial charge is 0.217 e. The molecule has 0 fully saturated rings. The fourth-order valence-electron chi connectivity index (χ4n) is 2.13. The maximum atomic E-state index is 10.7. The number of amides is 1. The van der Waals surface area contributed by atoms with Crippen molar-refractivity contribution in [2.24, 2.45) is 0 Å². The number of rotatable bonds is 4. The zero-order valence-corrected chi connectivity index (χ0v) is 15.0. The number of benzene rings is 2. The van der Waals surface area contributed by atoms with Gasteiger partial charge in [-0.05, 0) is 28.5 Å². The summed E-state index contributed by atoms with van der Waals surface area (Å²) in [6, 6.07) is 18.8. The van der Waals surface area contributed by atoms with Crippen LogP contribution in [0.15, 0.2) is 54.6 Å². The molecule has 0 saturated heterocycles. The number of hydrogen-bond donors (Lipinski definition) is 1. The van der Waals surface area contributed by atoms with Crippen molar-refractivity contribution in [3.05, 3.63) is 71.3 Å². The van der Waals surface area contributed by atoms with Gasteiger partial charge in [-0.2, -0.15) is 0 Å². The molecule has 2 aromatic carbocycles. The molecule has 0 aliphatic rings. The molecular weight excluding hydrogens is 282 g/mol. The number of carbonyl (C=O) groups excluding carboxylic acids is 1. The second-order valence-corrected chi connectivity index (χ2v) is 6.37. The molecule has 2 heteroatoms. The minimum Gasteiger partial charge on any atom is -0.352 e. The van der Waals surface area contributed by atoms with E-state index >= 15 is 0 Å². The Bertz CT molecular complexity index is 588. The minimum absolute atomic E-state index is 0.0138. The van der Waals surface area contributed by atoms with E-state index in [9.17, 15) is 4.79 Å². The van der Waals surface area contributed by atoms with Gasteiger partial charge in [-0.3, -0.25) is 4.79 Å². The van der Waals surface area contributed by atoms with E-state index in [-0.39, 0.29) is 5.91 Å². The summed E-state index contributed by atoms with van der Waals surface area (Å²) in [5, 5.41) is 2.79. The van der Waals surface area contributed by atoms with Crippen LogP contribution in [0.5, 0.6) is 0 Å². The molecule has 0 bridgehead atoms. The third kappa shape index (κ3) is 7.64. The van der Waals surface area contributed by atoms with E-state index in [1.165, 1.54) is 18.1 Å². The zero-order chi connectivity index (χ0) is 17.2. The van der Waals surface area contributed by atoms with Gasteiger partial charge < -0.3 is 5.32 Å². The summed E-state index contributed by atoms with van der Waals surface area (Å²) >= 11 is 0. The lowest BCUT2D eigenvalue weighted by Crippen LogP contribution is -2.18. The van der Waals surface area contributed by atoms with Gasteiger partial charge in [0.05, 0.1) is 0 Å². The van der Waals surface area contributed by atoms with Gasteiger partial charge in [0.15, 0.2) is 0 Å². The number of nitrogens with one attached hydrogen (secondary N) is 1. The van der Waals surface area contributed by atoms with Crippen molar-refractivity contribution in [1.82, 2.24) is 5.32 Å². The Hall–Kier alpha value is -2.09. The lowest BCUT2D eigenvalue weighted by atomic mass is 10.0. The molecule has 2 aromatic rings. The van der Waals surface area contributed by atoms with Crippen LogP contribution in [0, 0.1) is 0 Å². The Morgan fingerprint density at radius 3 is 1.91 bits per heavy atom. The lowest BCUT2D eigenvalue weighted by Gasteiger charge is -2.08. The third-order valence-electron chi connectivity index (χ3n) is 3.63. The van der Waals surface area contributed by atoms with E-state index in [1.807, 2.05) is 18.2 Å². The first-order valence-corrected chi connectivity index (χ1v) is 8.28. The Kier molecular flexibility index (Phi) is 8.10. The van der Waals surface area contributed by atoms with Crippen molar-refractivity contribution in [2.45, 2.75) is 53.0 Å². The highest BCUT2D eigenvalue weighted by molar-refractivity contribution is 5.72. The van der Waals surface area contributed by atoms with E-state index in [4.69, 9.17) is 0 Å². The molecule has 0 spiro atoms. The second kappa shape index (κ2) is 9.83. The molecule has 0 heterocycles. The summed E-state index contributed by atoms with van der Waals surface area (Å²) < 4.78 is 0. The second-order valence-electron chi connectivity index (χ2n) is 6.37. The fraction of sp³-hybridized carbons (Fsp3) is 0.381. The van der Waals surface area contributed by atoms with Crippen LogP contribution >= 0.6 is 0 Å². The van der Waals surface area contributed by atoms with Crippen LogP contribution in [0.2, 0.25) is 0 Å². The average molecular weight is 311 g/mol. The van der Waals surface area contributed by atoms with Gasteiger partial charge in [0.2, 0.25) is 5.91 Å². The van der Waals surface area contributed by atoms with Crippen LogP contribution in [0.25, 0.3) is 0 Å². The van der Waals surface area contributed by atoms with Crippen LogP contribution in [0.4, 0.5) is 0 Å². The summed E-state index contributed by atoms with van der Waals surface area (Å²) in [4.78, 5) is 10.7. The monoisotopic (exact) mass is 311 g/mol. The molecule has 0 atom stereocenters. The van der Waals surface area contributed by atoms with E-state index < -0.39 is 0 Å². The molecule has 0 saturated carbocycles. The van der Waals surface area contributed by atoms with Crippen LogP contribution in [0.3, 0.4) is 0 Å². The number of hydrogen-bond acceptors (Lipinski definition) is 1. The van der Waals surface area contributed by atoms with Crippen molar-refractivity contribution in [2.75, 3.05) is 0 Å². The molecule has 1 N–H and O–H groups in total. The Labute approximate surface area is 140 Å². The van der Waals surface area contributed by atoms with Gasteiger partial charge in [-0.15, -0.1) is 0 Å². The molecule has 2 nitrogen and oxygen atoms in total. The van der Waals surface area contributed by atoms with Gasteiger partial charge in [-0.25, -0.2) is 0 Å². The predicted octanol–water partition coefficient (Wildman–Crippen LogP) is 5.26. The van der Waals surface area contributed by atoms with Crippen LogP contribution < -0.4 is 5.32 Å². The first-order valence-electron chi connectivity index (χ1n) is 8.28. The lowest BCUT2D eigenvalue weighted by molar-refractivity contribution is -0.119. The maximum absolute atomic E-state index is 10.7. The molecule has 23 heavy (non-hydrogen) atoms. The Morgan fingerprint density at radius 1 is 0.870 bits per heavy atom.